The van der Waals surface area contributed by atoms with Crippen molar-refractivity contribution >= 4 is 42.9 Å². The fourth-order valence-electron chi connectivity index (χ4n) is 4.54. The highest BCUT2D eigenvalue weighted by Crippen LogP contribution is 2.37. The Balaban J connectivity index is 2.23. The van der Waals surface area contributed by atoms with Crippen LogP contribution in [0.25, 0.3) is 0 Å². The van der Waals surface area contributed by atoms with Gasteiger partial charge >= 0.3 is 25.8 Å². The van der Waals surface area contributed by atoms with Crippen molar-refractivity contribution in [2.45, 2.75) is 73.3 Å². The van der Waals surface area contributed by atoms with Gasteiger partial charge in [-0.25, -0.2) is 14.2 Å². The number of aryl methyl sites for hydroxylation is 1. The van der Waals surface area contributed by atoms with E-state index in [1.54, 1.807) is 0 Å². The first-order valence-corrected chi connectivity index (χ1v) is 16.2. The fourth-order valence-corrected chi connectivity index (χ4v) is 5.03. The Hall–Kier alpha value is -3.44. The number of benzene rings is 2. The van der Waals surface area contributed by atoms with Crippen molar-refractivity contribution in [2.24, 2.45) is 11.8 Å². The lowest BCUT2D eigenvalue weighted by Crippen LogP contribution is -2.32. The molecule has 0 aliphatic heterocycles. The van der Waals surface area contributed by atoms with Gasteiger partial charge in [-0.05, 0) is 67.9 Å². The number of rotatable bonds is 16. The number of carbonyl (C=O) groups is 3. The minimum absolute atomic E-state index is 0.0291. The van der Waals surface area contributed by atoms with E-state index < -0.39 is 38.7 Å². The number of ether oxygens (including phenoxy) is 2. The molecule has 4 N–H and O–H groups in total. The van der Waals surface area contributed by atoms with Gasteiger partial charge in [-0.2, -0.15) is 0 Å². The summed E-state index contributed by atoms with van der Waals surface area (Å²) in [7, 11) is -4.88. The van der Waals surface area contributed by atoms with E-state index >= 15 is 0 Å². The number of nitrogens with one attached hydrogen (secondary N) is 2. The number of amides is 2. The molecule has 2 aromatic rings. The molecule has 0 heterocycles. The number of phosphoric acid groups is 1. The van der Waals surface area contributed by atoms with Crippen molar-refractivity contribution < 1.29 is 42.7 Å². The van der Waals surface area contributed by atoms with Crippen molar-refractivity contribution in [1.82, 2.24) is 0 Å². The third-order valence-electron chi connectivity index (χ3n) is 6.52. The lowest BCUT2D eigenvalue weighted by molar-refractivity contribution is -0.172. The maximum absolute atomic E-state index is 13.1. The molecule has 0 radical (unpaired) electrons. The smallest absolute Gasteiger partial charge is 0.428 e. The molecular weight excluding hydrogens is 589 g/mol. The molecule has 0 spiro atoms. The van der Waals surface area contributed by atoms with Gasteiger partial charge in [0.15, 0.2) is 6.10 Å². The molecule has 0 aromatic heterocycles. The average molecular weight is 636 g/mol. The number of phosphoric ester groups is 1. The molecule has 0 aliphatic carbocycles. The molecule has 2 amide bonds. The van der Waals surface area contributed by atoms with E-state index in [4.69, 9.17) is 19.3 Å². The largest absolute Gasteiger partial charge is 0.470 e. The van der Waals surface area contributed by atoms with Crippen LogP contribution in [0.3, 0.4) is 0 Å². The van der Waals surface area contributed by atoms with Crippen LogP contribution in [-0.2, 0) is 28.2 Å². The van der Waals surface area contributed by atoms with Crippen molar-refractivity contribution in [3.8, 4) is 0 Å². The molecule has 0 aliphatic rings. The van der Waals surface area contributed by atoms with Gasteiger partial charge in [0.2, 0.25) is 6.79 Å². The van der Waals surface area contributed by atoms with Crippen LogP contribution in [0.1, 0.15) is 71.4 Å². The summed E-state index contributed by atoms with van der Waals surface area (Å²) in [4.78, 5) is 57.5. The zero-order valence-corrected chi connectivity index (χ0v) is 27.4. The summed E-state index contributed by atoms with van der Waals surface area (Å²) in [5, 5.41) is 5.89. The van der Waals surface area contributed by atoms with Crippen molar-refractivity contribution in [1.29, 1.82) is 0 Å². The first-order valence-electron chi connectivity index (χ1n) is 14.7. The molecule has 12 nitrogen and oxygen atoms in total. The highest BCUT2D eigenvalue weighted by atomic mass is 31.2. The van der Waals surface area contributed by atoms with E-state index in [1.807, 2.05) is 56.3 Å². The molecule has 244 valence electrons. The first kappa shape index (κ1) is 36.8. The zero-order valence-electron chi connectivity index (χ0n) is 26.5. The summed E-state index contributed by atoms with van der Waals surface area (Å²) in [5.41, 5.74) is 4.02. The number of nitrogens with zero attached hydrogens (tertiary/aromatic N) is 1. The Morgan fingerprint density at radius 2 is 1.52 bits per heavy atom. The fraction of sp³-hybridized carbons (Fsp3) is 0.516. The summed E-state index contributed by atoms with van der Waals surface area (Å²) in [5.74, 6) is -1.24. The number of urea groups is 1. The Labute approximate surface area is 259 Å². The van der Waals surface area contributed by atoms with Crippen LogP contribution < -0.4 is 15.5 Å². The van der Waals surface area contributed by atoms with Gasteiger partial charge in [0.25, 0.3) is 0 Å². The molecule has 2 rings (SSSR count). The molecule has 2 atom stereocenters. The molecule has 0 saturated carbocycles. The molecule has 0 fully saturated rings. The number of anilines is 3. The molecule has 0 saturated heterocycles. The highest BCUT2D eigenvalue weighted by molar-refractivity contribution is 7.46. The van der Waals surface area contributed by atoms with E-state index in [0.29, 0.717) is 29.6 Å². The predicted molar refractivity (Wildman–Crippen MR) is 169 cm³/mol. The van der Waals surface area contributed by atoms with Crippen LogP contribution in [0.4, 0.5) is 21.9 Å². The lowest BCUT2D eigenvalue weighted by Gasteiger charge is -2.31. The number of hydrogen-bond donors (Lipinski definition) is 4. The van der Waals surface area contributed by atoms with E-state index in [1.165, 1.54) is 0 Å². The Bertz CT molecular complexity index is 1280. The maximum atomic E-state index is 13.1. The molecule has 13 heteroatoms. The molecule has 44 heavy (non-hydrogen) atoms. The number of hydrogen-bond acceptors (Lipinski definition) is 8. The van der Waals surface area contributed by atoms with Crippen LogP contribution in [0.2, 0.25) is 0 Å². The highest BCUT2D eigenvalue weighted by Gasteiger charge is 2.26. The van der Waals surface area contributed by atoms with Crippen LogP contribution in [0, 0.1) is 18.8 Å². The van der Waals surface area contributed by atoms with Gasteiger partial charge in [-0.15, -0.1) is 0 Å². The summed E-state index contributed by atoms with van der Waals surface area (Å²) in [6.07, 6.45) is -0.993. The zero-order chi connectivity index (χ0) is 33.0. The SMILES string of the molecule is CCC(CC(=O)OCOC(=O)[C@H](C)OP(=O)(O)O)c1ccc(N(CC(C)C)CC(C)C)c(NC(=O)Nc2ccc(C)cc2)c1. The Morgan fingerprint density at radius 3 is 2.07 bits per heavy atom. The number of esters is 2. The van der Waals surface area contributed by atoms with Crippen LogP contribution in [0.5, 0.6) is 0 Å². The summed E-state index contributed by atoms with van der Waals surface area (Å²) in [6.45, 7) is 14.4. The van der Waals surface area contributed by atoms with Gasteiger partial charge < -0.3 is 34.8 Å². The lowest BCUT2D eigenvalue weighted by atomic mass is 9.92. The quantitative estimate of drug-likeness (QED) is 0.0951. The summed E-state index contributed by atoms with van der Waals surface area (Å²) in [6, 6.07) is 12.9. The Kier molecular flexibility index (Phi) is 14.3. The topological polar surface area (TPSA) is 164 Å². The summed E-state index contributed by atoms with van der Waals surface area (Å²) < 4.78 is 25.0. The van der Waals surface area contributed by atoms with Gasteiger partial charge in [-0.1, -0.05) is 58.4 Å². The minimum Gasteiger partial charge on any atom is -0.428 e. The predicted octanol–water partition coefficient (Wildman–Crippen LogP) is 6.18. The average Bonchev–Trinajstić information content (AvgIpc) is 2.91. The first-order chi connectivity index (χ1) is 20.6. The Morgan fingerprint density at radius 1 is 0.909 bits per heavy atom. The summed E-state index contributed by atoms with van der Waals surface area (Å²) >= 11 is 0. The second-order valence-corrected chi connectivity index (χ2v) is 12.8. The molecular formula is C31H46N3O9P. The molecule has 2 aromatic carbocycles. The molecule has 0 bridgehead atoms. The molecule has 1 unspecified atom stereocenters. The number of carbonyl (C=O) groups excluding carboxylic acids is 3. The van der Waals surface area contributed by atoms with Gasteiger partial charge in [0.1, 0.15) is 0 Å². The van der Waals surface area contributed by atoms with Crippen molar-refractivity contribution in [3.05, 3.63) is 53.6 Å². The normalized spacial score (nSPS) is 12.9. The maximum Gasteiger partial charge on any atom is 0.470 e. The van der Waals surface area contributed by atoms with Crippen LogP contribution >= 0.6 is 7.82 Å². The van der Waals surface area contributed by atoms with E-state index in [-0.39, 0.29) is 12.3 Å². The van der Waals surface area contributed by atoms with Crippen LogP contribution in [-0.4, -0.2) is 53.7 Å². The van der Waals surface area contributed by atoms with Crippen molar-refractivity contribution in [3.63, 3.8) is 0 Å². The second kappa shape index (κ2) is 17.2. The van der Waals surface area contributed by atoms with Gasteiger partial charge in [0, 0.05) is 18.8 Å². The third kappa shape index (κ3) is 13.1. The van der Waals surface area contributed by atoms with E-state index in [0.717, 1.165) is 36.8 Å². The second-order valence-electron chi connectivity index (χ2n) is 11.6. The van der Waals surface area contributed by atoms with E-state index in [2.05, 4.69) is 47.8 Å². The van der Waals surface area contributed by atoms with Gasteiger partial charge in [0.05, 0.1) is 17.8 Å². The van der Waals surface area contributed by atoms with Gasteiger partial charge in [-0.3, -0.25) is 9.32 Å². The van der Waals surface area contributed by atoms with Crippen LogP contribution in [0.15, 0.2) is 42.5 Å². The van der Waals surface area contributed by atoms with E-state index in [9.17, 15) is 18.9 Å². The third-order valence-corrected chi connectivity index (χ3v) is 7.11. The van der Waals surface area contributed by atoms with Crippen molar-refractivity contribution in [2.75, 3.05) is 35.4 Å². The standard InChI is InChI=1S/C31H46N3O9P/c1-8-24(16-29(35)41-19-42-30(36)23(7)43-44(38,39)40)25-11-14-28(34(17-20(2)3)18-21(4)5)27(15-25)33-31(37)32-26-12-9-22(6)10-13-26/h9-15,20-21,23-24H,8,16-19H2,1-7H3,(H2,32,33,37)(H2,38,39,40)/t23-,24?/m0/s1. The minimum atomic E-state index is -4.88. The monoisotopic (exact) mass is 635 g/mol.